The van der Waals surface area contributed by atoms with Gasteiger partial charge in [-0.05, 0) is 73.2 Å². The van der Waals surface area contributed by atoms with Crippen molar-refractivity contribution in [2.75, 3.05) is 30.3 Å². The third-order valence-corrected chi connectivity index (χ3v) is 11.0. The standard InChI is InChI=1S/C33H40N4O4S/c1-3-42(40,41)27-10-8-24(9-11-27)19-34-32(39)37-22-33(15-4-5-16-33)31-30(37)13-12-29(35-31)28-18-25(7-6-23(28)2)20-36-17-14-26(38)21-36/h6-13,18,26,38H,3-5,14-17,19-22H2,1-2H3,(H,34,39)/t26-/m1/s1. The molecule has 1 aliphatic carbocycles. The maximum absolute atomic E-state index is 13.5. The van der Waals surface area contributed by atoms with Gasteiger partial charge in [0.2, 0.25) is 0 Å². The fourth-order valence-corrected chi connectivity index (χ4v) is 7.70. The average Bonchev–Trinajstić information content (AvgIpc) is 3.72. The number of carbonyl (C=O) groups is 1. The lowest BCUT2D eigenvalue weighted by Crippen LogP contribution is -2.41. The summed E-state index contributed by atoms with van der Waals surface area (Å²) < 4.78 is 24.3. The first kappa shape index (κ1) is 28.8. The van der Waals surface area contributed by atoms with Crippen LogP contribution in [0.1, 0.15) is 61.4 Å². The van der Waals surface area contributed by atoms with Crippen molar-refractivity contribution in [3.05, 3.63) is 77.0 Å². The molecule has 2 fully saturated rings. The van der Waals surface area contributed by atoms with Crippen molar-refractivity contribution >= 4 is 21.6 Å². The van der Waals surface area contributed by atoms with Crippen LogP contribution in [0.3, 0.4) is 0 Å². The summed E-state index contributed by atoms with van der Waals surface area (Å²) in [5, 5.41) is 13.0. The summed E-state index contributed by atoms with van der Waals surface area (Å²) in [6.45, 7) is 7.12. The zero-order valence-corrected chi connectivity index (χ0v) is 25.3. The number of benzene rings is 2. The number of rotatable bonds is 7. The number of aromatic nitrogens is 1. The lowest BCUT2D eigenvalue weighted by atomic mass is 9.84. The van der Waals surface area contributed by atoms with Crippen LogP contribution < -0.4 is 10.2 Å². The number of likely N-dealkylation sites (tertiary alicyclic amines) is 1. The SMILES string of the molecule is CCS(=O)(=O)c1ccc(CNC(=O)N2CC3(CCCC3)c3nc(-c4cc(CN5CC[C@@H](O)C5)ccc4C)ccc32)cc1. The molecular weight excluding hydrogens is 548 g/mol. The van der Waals surface area contributed by atoms with Gasteiger partial charge >= 0.3 is 6.03 Å². The van der Waals surface area contributed by atoms with Crippen LogP contribution in [-0.2, 0) is 28.3 Å². The van der Waals surface area contributed by atoms with Crippen LogP contribution in [0.4, 0.5) is 10.5 Å². The Kier molecular flexibility index (Phi) is 7.85. The Morgan fingerprint density at radius 1 is 1.07 bits per heavy atom. The van der Waals surface area contributed by atoms with E-state index in [1.165, 1.54) is 11.1 Å². The molecule has 2 aliphatic heterocycles. The van der Waals surface area contributed by atoms with Gasteiger partial charge in [0.25, 0.3) is 0 Å². The molecule has 0 bridgehead atoms. The Balaban J connectivity index is 1.23. The van der Waals surface area contributed by atoms with Crippen LogP contribution in [0.2, 0.25) is 0 Å². The molecule has 1 atom stereocenters. The van der Waals surface area contributed by atoms with E-state index >= 15 is 0 Å². The van der Waals surface area contributed by atoms with Crippen LogP contribution in [0.5, 0.6) is 0 Å². The average molecular weight is 589 g/mol. The molecule has 2 amide bonds. The van der Waals surface area contributed by atoms with Gasteiger partial charge < -0.3 is 10.4 Å². The molecule has 2 N–H and O–H groups in total. The van der Waals surface area contributed by atoms with Crippen molar-refractivity contribution in [2.24, 2.45) is 0 Å². The van der Waals surface area contributed by atoms with Crippen LogP contribution in [0, 0.1) is 6.92 Å². The fraction of sp³-hybridized carbons (Fsp3) is 0.455. The third-order valence-electron chi connectivity index (χ3n) is 9.27. The van der Waals surface area contributed by atoms with Gasteiger partial charge in [-0.25, -0.2) is 18.2 Å². The number of β-amino-alcohol motifs (C(OH)–C–C–N with tert-alkyl or cyclic N) is 1. The molecule has 0 unspecified atom stereocenters. The number of nitrogens with zero attached hydrogens (tertiary/aromatic N) is 3. The number of urea groups is 1. The molecule has 3 heterocycles. The monoisotopic (exact) mass is 588 g/mol. The minimum absolute atomic E-state index is 0.0591. The van der Waals surface area contributed by atoms with E-state index in [0.29, 0.717) is 24.5 Å². The highest BCUT2D eigenvalue weighted by molar-refractivity contribution is 7.91. The number of carbonyl (C=O) groups excluding carboxylic acids is 1. The first-order valence-electron chi connectivity index (χ1n) is 15.1. The van der Waals surface area contributed by atoms with Crippen molar-refractivity contribution in [1.82, 2.24) is 15.2 Å². The summed E-state index contributed by atoms with van der Waals surface area (Å²) in [5.74, 6) is 0.0591. The van der Waals surface area contributed by atoms with Gasteiger partial charge in [-0.1, -0.05) is 44.0 Å². The lowest BCUT2D eigenvalue weighted by molar-refractivity contribution is 0.175. The number of hydrogen-bond acceptors (Lipinski definition) is 6. The van der Waals surface area contributed by atoms with E-state index in [1.54, 1.807) is 31.2 Å². The Hall–Kier alpha value is -3.27. The van der Waals surface area contributed by atoms with Crippen molar-refractivity contribution in [2.45, 2.75) is 75.5 Å². The maximum Gasteiger partial charge on any atom is 0.322 e. The molecule has 6 rings (SSSR count). The van der Waals surface area contributed by atoms with Crippen LogP contribution in [-0.4, -0.2) is 60.9 Å². The Morgan fingerprint density at radius 3 is 2.50 bits per heavy atom. The maximum atomic E-state index is 13.5. The molecule has 1 saturated heterocycles. The molecule has 9 heteroatoms. The van der Waals surface area contributed by atoms with Gasteiger partial charge in [0.1, 0.15) is 0 Å². The normalized spacial score (nSPS) is 19.9. The number of aliphatic hydroxyl groups is 1. The molecule has 1 aromatic heterocycles. The number of nitrogens with one attached hydrogen (secondary N) is 1. The molecule has 222 valence electrons. The summed E-state index contributed by atoms with van der Waals surface area (Å²) in [6.07, 6.45) is 4.88. The van der Waals surface area contributed by atoms with Crippen molar-refractivity contribution in [3.8, 4) is 11.3 Å². The largest absolute Gasteiger partial charge is 0.392 e. The number of fused-ring (bicyclic) bond motifs is 2. The highest BCUT2D eigenvalue weighted by Gasteiger charge is 2.47. The van der Waals surface area contributed by atoms with Crippen LogP contribution in [0.15, 0.2) is 59.5 Å². The zero-order valence-electron chi connectivity index (χ0n) is 24.5. The van der Waals surface area contributed by atoms with E-state index in [9.17, 15) is 18.3 Å². The first-order valence-corrected chi connectivity index (χ1v) is 16.7. The Labute approximate surface area is 248 Å². The summed E-state index contributed by atoms with van der Waals surface area (Å²) in [6, 6.07) is 17.2. The molecular formula is C33H40N4O4S. The second kappa shape index (κ2) is 11.4. The molecule has 8 nitrogen and oxygen atoms in total. The predicted octanol–water partition coefficient (Wildman–Crippen LogP) is 4.96. The second-order valence-corrected chi connectivity index (χ2v) is 14.4. The third kappa shape index (κ3) is 5.57. The number of aliphatic hydroxyl groups excluding tert-OH is 1. The summed E-state index contributed by atoms with van der Waals surface area (Å²) in [5.41, 5.74) is 7.04. The number of aryl methyl sites for hydroxylation is 1. The second-order valence-electron chi connectivity index (χ2n) is 12.2. The summed E-state index contributed by atoms with van der Waals surface area (Å²) in [4.78, 5) is 23.2. The molecule has 3 aromatic rings. The molecule has 0 radical (unpaired) electrons. The molecule has 2 aromatic carbocycles. The van der Waals surface area contributed by atoms with Crippen molar-refractivity contribution in [1.29, 1.82) is 0 Å². The Morgan fingerprint density at radius 2 is 1.81 bits per heavy atom. The van der Waals surface area contributed by atoms with Gasteiger partial charge in [0, 0.05) is 43.7 Å². The Bertz CT molecular complexity index is 1580. The quantitative estimate of drug-likeness (QED) is 0.405. The summed E-state index contributed by atoms with van der Waals surface area (Å²) in [7, 11) is -3.26. The smallest absolute Gasteiger partial charge is 0.322 e. The van der Waals surface area contributed by atoms with E-state index in [-0.39, 0.29) is 23.3 Å². The van der Waals surface area contributed by atoms with E-state index in [4.69, 9.17) is 4.98 Å². The van der Waals surface area contributed by atoms with Crippen LogP contribution in [0.25, 0.3) is 11.3 Å². The van der Waals surface area contributed by atoms with Crippen molar-refractivity contribution < 1.29 is 18.3 Å². The molecule has 1 spiro atoms. The van der Waals surface area contributed by atoms with Gasteiger partial charge in [0.15, 0.2) is 9.84 Å². The van der Waals surface area contributed by atoms with Gasteiger partial charge in [-0.3, -0.25) is 9.80 Å². The minimum Gasteiger partial charge on any atom is -0.392 e. The number of amides is 2. The topological polar surface area (TPSA) is 103 Å². The van der Waals surface area contributed by atoms with E-state index in [1.807, 2.05) is 11.0 Å². The number of anilines is 1. The van der Waals surface area contributed by atoms with Gasteiger partial charge in [0.05, 0.1) is 33.8 Å². The molecule has 42 heavy (non-hydrogen) atoms. The van der Waals surface area contributed by atoms with Crippen LogP contribution >= 0.6 is 0 Å². The summed E-state index contributed by atoms with van der Waals surface area (Å²) >= 11 is 0. The van der Waals surface area contributed by atoms with Gasteiger partial charge in [-0.15, -0.1) is 0 Å². The van der Waals surface area contributed by atoms with E-state index in [0.717, 1.165) is 73.4 Å². The number of sulfone groups is 1. The van der Waals surface area contributed by atoms with E-state index in [2.05, 4.69) is 41.4 Å². The number of hydrogen-bond donors (Lipinski definition) is 2. The highest BCUT2D eigenvalue weighted by atomic mass is 32.2. The molecule has 1 saturated carbocycles. The minimum atomic E-state index is -3.26. The first-order chi connectivity index (χ1) is 20.2. The predicted molar refractivity (Wildman–Crippen MR) is 164 cm³/mol. The molecule has 3 aliphatic rings. The zero-order chi connectivity index (χ0) is 29.5. The highest BCUT2D eigenvalue weighted by Crippen LogP contribution is 2.50. The number of pyridine rings is 1. The van der Waals surface area contributed by atoms with Crippen molar-refractivity contribution in [3.63, 3.8) is 0 Å². The van der Waals surface area contributed by atoms with Gasteiger partial charge in [-0.2, -0.15) is 0 Å². The lowest BCUT2D eigenvalue weighted by Gasteiger charge is -2.24. The van der Waals surface area contributed by atoms with E-state index < -0.39 is 9.84 Å². The fourth-order valence-electron chi connectivity index (χ4n) is 6.81.